The molecule has 1 aliphatic rings. The normalized spacial score (nSPS) is 13.2. The highest BCUT2D eigenvalue weighted by Crippen LogP contribution is 2.40. The molecule has 1 amide bonds. The maximum atomic E-state index is 11.5. The Morgan fingerprint density at radius 3 is 2.90 bits per heavy atom. The summed E-state index contributed by atoms with van der Waals surface area (Å²) in [5.74, 6) is 0.677. The quantitative estimate of drug-likeness (QED) is 0.706. The first kappa shape index (κ1) is 19.6. The Bertz CT molecular complexity index is 400. The summed E-state index contributed by atoms with van der Waals surface area (Å²) >= 11 is 1.63. The predicted octanol–water partition coefficient (Wildman–Crippen LogP) is 1.72. The highest BCUT2D eigenvalue weighted by atomic mass is 35.5. The standard InChI is InChI=1S/C12H19N3O2S.2ClH/c1-17-5-4-13-6-11(16)14-7-12-15-10(8-18-12)9-2-3-9;;/h8-9,13H,2-7H2,1H3,(H,14,16);2*1H. The van der Waals surface area contributed by atoms with Gasteiger partial charge in [0, 0.05) is 25.0 Å². The van der Waals surface area contributed by atoms with Crippen LogP contribution in [0.15, 0.2) is 5.38 Å². The second-order valence-corrected chi connectivity index (χ2v) is 5.33. The summed E-state index contributed by atoms with van der Waals surface area (Å²) in [5, 5.41) is 8.95. The molecule has 0 spiro atoms. The van der Waals surface area contributed by atoms with Crippen LogP contribution in [0.2, 0.25) is 0 Å². The molecule has 0 unspecified atom stereocenters. The van der Waals surface area contributed by atoms with Crippen molar-refractivity contribution in [1.82, 2.24) is 15.6 Å². The molecule has 0 bridgehead atoms. The molecule has 2 N–H and O–H groups in total. The van der Waals surface area contributed by atoms with Gasteiger partial charge in [-0.2, -0.15) is 0 Å². The van der Waals surface area contributed by atoms with Crippen molar-refractivity contribution >= 4 is 42.1 Å². The zero-order valence-corrected chi connectivity index (χ0v) is 13.8. The summed E-state index contributed by atoms with van der Waals surface area (Å²) in [6.07, 6.45) is 2.53. The van der Waals surface area contributed by atoms with Crippen LogP contribution in [0.1, 0.15) is 29.5 Å². The molecule has 116 valence electrons. The lowest BCUT2D eigenvalue weighted by Crippen LogP contribution is -2.34. The van der Waals surface area contributed by atoms with Gasteiger partial charge < -0.3 is 15.4 Å². The van der Waals surface area contributed by atoms with Crippen LogP contribution in [0.25, 0.3) is 0 Å². The number of rotatable bonds is 8. The molecular weight excluding hydrogens is 321 g/mol. The lowest BCUT2D eigenvalue weighted by atomic mass is 10.3. The average Bonchev–Trinajstić information content (AvgIpc) is 3.12. The smallest absolute Gasteiger partial charge is 0.234 e. The minimum absolute atomic E-state index is 0. The fourth-order valence-corrected chi connectivity index (χ4v) is 2.40. The fourth-order valence-electron chi connectivity index (χ4n) is 1.59. The summed E-state index contributed by atoms with van der Waals surface area (Å²) in [4.78, 5) is 16.0. The first-order valence-corrected chi connectivity index (χ1v) is 7.08. The number of aromatic nitrogens is 1. The molecule has 1 heterocycles. The van der Waals surface area contributed by atoms with Crippen molar-refractivity contribution in [2.24, 2.45) is 0 Å². The molecule has 1 fully saturated rings. The van der Waals surface area contributed by atoms with Gasteiger partial charge in [0.1, 0.15) is 5.01 Å². The van der Waals surface area contributed by atoms with E-state index in [1.54, 1.807) is 18.4 Å². The molecule has 1 aromatic heterocycles. The van der Waals surface area contributed by atoms with Crippen LogP contribution < -0.4 is 10.6 Å². The Morgan fingerprint density at radius 1 is 1.50 bits per heavy atom. The lowest BCUT2D eigenvalue weighted by Gasteiger charge is -2.04. The molecule has 1 aliphatic carbocycles. The number of amides is 1. The van der Waals surface area contributed by atoms with Gasteiger partial charge in [0.25, 0.3) is 0 Å². The highest BCUT2D eigenvalue weighted by Gasteiger charge is 2.25. The van der Waals surface area contributed by atoms with Gasteiger partial charge in [-0.05, 0) is 12.8 Å². The summed E-state index contributed by atoms with van der Waals surface area (Å²) in [6.45, 7) is 2.16. The van der Waals surface area contributed by atoms with Crippen LogP contribution in [0.4, 0.5) is 0 Å². The number of nitrogens with zero attached hydrogens (tertiary/aromatic N) is 1. The van der Waals surface area contributed by atoms with Crippen LogP contribution in [-0.4, -0.2) is 37.7 Å². The SMILES string of the molecule is COCCNCC(=O)NCc1nc(C2CC2)cs1.Cl.Cl. The van der Waals surface area contributed by atoms with E-state index in [1.807, 2.05) is 0 Å². The zero-order valence-electron chi connectivity index (χ0n) is 11.4. The molecule has 5 nitrogen and oxygen atoms in total. The molecule has 0 saturated heterocycles. The van der Waals surface area contributed by atoms with Gasteiger partial charge in [-0.25, -0.2) is 4.98 Å². The number of nitrogens with one attached hydrogen (secondary N) is 2. The summed E-state index contributed by atoms with van der Waals surface area (Å²) in [5.41, 5.74) is 1.20. The van der Waals surface area contributed by atoms with E-state index in [4.69, 9.17) is 4.74 Å². The van der Waals surface area contributed by atoms with Crippen LogP contribution in [0.3, 0.4) is 0 Å². The molecule has 20 heavy (non-hydrogen) atoms. The minimum Gasteiger partial charge on any atom is -0.383 e. The third-order valence-corrected chi connectivity index (χ3v) is 3.64. The monoisotopic (exact) mass is 341 g/mol. The van der Waals surface area contributed by atoms with Gasteiger partial charge in [0.15, 0.2) is 0 Å². The third kappa shape index (κ3) is 6.85. The van der Waals surface area contributed by atoms with Gasteiger partial charge in [0.05, 0.1) is 25.4 Å². The minimum atomic E-state index is -0.00530. The summed E-state index contributed by atoms with van der Waals surface area (Å²) in [6, 6.07) is 0. The Labute approximate surface area is 135 Å². The van der Waals surface area contributed by atoms with E-state index < -0.39 is 0 Å². The van der Waals surface area contributed by atoms with Gasteiger partial charge in [0.2, 0.25) is 5.91 Å². The van der Waals surface area contributed by atoms with Crippen molar-refractivity contribution in [1.29, 1.82) is 0 Å². The largest absolute Gasteiger partial charge is 0.383 e. The van der Waals surface area contributed by atoms with Crippen molar-refractivity contribution in [3.05, 3.63) is 16.1 Å². The molecule has 1 aromatic rings. The van der Waals surface area contributed by atoms with Gasteiger partial charge >= 0.3 is 0 Å². The number of thiazole rings is 1. The summed E-state index contributed by atoms with van der Waals surface area (Å²) < 4.78 is 4.88. The number of hydrogen-bond acceptors (Lipinski definition) is 5. The van der Waals surface area contributed by atoms with Crippen molar-refractivity contribution in [2.75, 3.05) is 26.8 Å². The first-order valence-electron chi connectivity index (χ1n) is 6.20. The lowest BCUT2D eigenvalue weighted by molar-refractivity contribution is -0.120. The number of ether oxygens (including phenoxy) is 1. The number of hydrogen-bond donors (Lipinski definition) is 2. The molecule has 8 heteroatoms. The maximum Gasteiger partial charge on any atom is 0.234 e. The second-order valence-electron chi connectivity index (χ2n) is 4.39. The number of carbonyl (C=O) groups is 1. The van der Waals surface area contributed by atoms with E-state index in [0.717, 1.165) is 5.01 Å². The van der Waals surface area contributed by atoms with Gasteiger partial charge in [-0.3, -0.25) is 4.79 Å². The predicted molar refractivity (Wildman–Crippen MR) is 85.2 cm³/mol. The number of methoxy groups -OCH3 is 1. The van der Waals surface area contributed by atoms with Crippen molar-refractivity contribution in [3.8, 4) is 0 Å². The molecular formula is C12H21Cl2N3O2S. The van der Waals surface area contributed by atoms with Gasteiger partial charge in [-0.1, -0.05) is 0 Å². The molecule has 0 atom stereocenters. The Kier molecular flexibility index (Phi) is 10.1. The first-order chi connectivity index (χ1) is 8.79. The third-order valence-electron chi connectivity index (χ3n) is 2.77. The Hall–Kier alpha value is -0.400. The molecule has 0 aliphatic heterocycles. The maximum absolute atomic E-state index is 11.5. The Balaban J connectivity index is 0.00000180. The van der Waals surface area contributed by atoms with Crippen molar-refractivity contribution < 1.29 is 9.53 Å². The molecule has 2 rings (SSSR count). The number of halogens is 2. The highest BCUT2D eigenvalue weighted by molar-refractivity contribution is 7.09. The average molecular weight is 342 g/mol. The topological polar surface area (TPSA) is 63.2 Å². The fraction of sp³-hybridized carbons (Fsp3) is 0.667. The van der Waals surface area contributed by atoms with Crippen LogP contribution >= 0.6 is 36.2 Å². The van der Waals surface area contributed by atoms with E-state index in [9.17, 15) is 4.79 Å². The second kappa shape index (κ2) is 10.3. The van der Waals surface area contributed by atoms with E-state index >= 15 is 0 Å². The van der Waals surface area contributed by atoms with Crippen LogP contribution in [0.5, 0.6) is 0 Å². The van der Waals surface area contributed by atoms with E-state index in [1.165, 1.54) is 18.5 Å². The molecule has 1 saturated carbocycles. The van der Waals surface area contributed by atoms with E-state index in [0.29, 0.717) is 32.2 Å². The Morgan fingerprint density at radius 2 is 2.25 bits per heavy atom. The van der Waals surface area contributed by atoms with Crippen LogP contribution in [-0.2, 0) is 16.1 Å². The van der Waals surface area contributed by atoms with Crippen molar-refractivity contribution in [3.63, 3.8) is 0 Å². The molecule has 0 radical (unpaired) electrons. The molecule has 0 aromatic carbocycles. The van der Waals surface area contributed by atoms with Crippen molar-refractivity contribution in [2.45, 2.75) is 25.3 Å². The van der Waals surface area contributed by atoms with Gasteiger partial charge in [-0.15, -0.1) is 36.2 Å². The zero-order chi connectivity index (χ0) is 12.8. The number of carbonyl (C=O) groups excluding carboxylic acids is 1. The van der Waals surface area contributed by atoms with Crippen LogP contribution in [0, 0.1) is 0 Å². The van der Waals surface area contributed by atoms with E-state index in [-0.39, 0.29) is 30.7 Å². The summed E-state index contributed by atoms with van der Waals surface area (Å²) in [7, 11) is 1.64. The van der Waals surface area contributed by atoms with E-state index in [2.05, 4.69) is 21.0 Å².